The van der Waals surface area contributed by atoms with Gasteiger partial charge in [0, 0.05) is 25.8 Å². The molecule has 0 spiro atoms. The zero-order valence-electron chi connectivity index (χ0n) is 18.8. The number of likely N-dealkylation sites (tertiary alicyclic amines) is 1. The van der Waals surface area contributed by atoms with Gasteiger partial charge in [0.05, 0.1) is 6.04 Å². The van der Waals surface area contributed by atoms with Crippen LogP contribution in [0.5, 0.6) is 0 Å². The van der Waals surface area contributed by atoms with E-state index in [1.807, 2.05) is 0 Å². The standard InChI is InChI=1S/C20H30N4O11/c21-10(3-6-14(25)26)19(33)24-9-1-2-13(24)18(32)22-11(4-7-15(27)28)17(31)23-12(20(34)35)5-8-16(29)30/h10-13H,1-9,21H2,(H,22,32)(H,23,31)(H,25,26)(H,27,28)(H,29,30)(H,34,35). The zero-order valence-corrected chi connectivity index (χ0v) is 18.8. The van der Waals surface area contributed by atoms with Gasteiger partial charge in [-0.05, 0) is 32.1 Å². The maximum absolute atomic E-state index is 12.9. The van der Waals surface area contributed by atoms with Crippen LogP contribution < -0.4 is 16.4 Å². The number of nitrogens with one attached hydrogen (secondary N) is 2. The Kier molecular flexibility index (Phi) is 11.6. The molecule has 8 N–H and O–H groups in total. The molecule has 1 heterocycles. The first-order valence-corrected chi connectivity index (χ1v) is 10.9. The molecule has 1 fully saturated rings. The fraction of sp³-hybridized carbons (Fsp3) is 0.650. The van der Waals surface area contributed by atoms with Crippen molar-refractivity contribution in [3.05, 3.63) is 0 Å². The van der Waals surface area contributed by atoms with Gasteiger partial charge in [-0.2, -0.15) is 0 Å². The maximum Gasteiger partial charge on any atom is 0.326 e. The third-order valence-corrected chi connectivity index (χ3v) is 5.37. The topological polar surface area (TPSA) is 254 Å². The molecule has 4 atom stereocenters. The van der Waals surface area contributed by atoms with Gasteiger partial charge < -0.3 is 41.7 Å². The number of nitrogens with two attached hydrogens (primary N) is 1. The molecule has 1 aliphatic heterocycles. The molecule has 0 aromatic rings. The SMILES string of the molecule is NC(CCC(=O)O)C(=O)N1CCCC1C(=O)NC(CCC(=O)O)C(=O)NC(CCC(=O)O)C(=O)O. The highest BCUT2D eigenvalue weighted by Crippen LogP contribution is 2.19. The van der Waals surface area contributed by atoms with Crippen LogP contribution in [0.25, 0.3) is 0 Å². The van der Waals surface area contributed by atoms with E-state index >= 15 is 0 Å². The molecule has 15 heteroatoms. The molecule has 196 valence electrons. The van der Waals surface area contributed by atoms with Crippen LogP contribution in [0.15, 0.2) is 0 Å². The molecule has 0 aromatic heterocycles. The third-order valence-electron chi connectivity index (χ3n) is 5.37. The van der Waals surface area contributed by atoms with E-state index in [0.717, 1.165) is 0 Å². The van der Waals surface area contributed by atoms with Gasteiger partial charge in [0.1, 0.15) is 18.1 Å². The first-order valence-electron chi connectivity index (χ1n) is 10.9. The Labute approximate surface area is 199 Å². The zero-order chi connectivity index (χ0) is 26.7. The van der Waals surface area contributed by atoms with Gasteiger partial charge >= 0.3 is 23.9 Å². The third kappa shape index (κ3) is 9.95. The fourth-order valence-corrected chi connectivity index (χ4v) is 3.52. The molecule has 0 aromatic carbocycles. The van der Waals surface area contributed by atoms with Crippen molar-refractivity contribution in [3.8, 4) is 0 Å². The highest BCUT2D eigenvalue weighted by atomic mass is 16.4. The van der Waals surface area contributed by atoms with Crippen LogP contribution >= 0.6 is 0 Å². The summed E-state index contributed by atoms with van der Waals surface area (Å²) in [6, 6.07) is -5.25. The molecule has 1 saturated heterocycles. The molecule has 3 amide bonds. The van der Waals surface area contributed by atoms with E-state index in [2.05, 4.69) is 10.6 Å². The minimum absolute atomic E-state index is 0.143. The second kappa shape index (κ2) is 13.8. The lowest BCUT2D eigenvalue weighted by Gasteiger charge is -2.28. The van der Waals surface area contributed by atoms with Crippen LogP contribution in [-0.2, 0) is 33.6 Å². The molecule has 4 unspecified atom stereocenters. The van der Waals surface area contributed by atoms with E-state index in [9.17, 15) is 38.7 Å². The molecule has 1 rings (SSSR count). The Balaban J connectivity index is 2.92. The summed E-state index contributed by atoms with van der Waals surface area (Å²) in [5, 5.41) is 40.1. The number of hydrogen-bond acceptors (Lipinski definition) is 8. The quantitative estimate of drug-likeness (QED) is 0.128. The smallest absolute Gasteiger partial charge is 0.326 e. The predicted molar refractivity (Wildman–Crippen MR) is 115 cm³/mol. The summed E-state index contributed by atoms with van der Waals surface area (Å²) >= 11 is 0. The van der Waals surface area contributed by atoms with Crippen LogP contribution in [0.1, 0.15) is 51.4 Å². The van der Waals surface area contributed by atoms with Gasteiger partial charge in [-0.25, -0.2) is 4.79 Å². The molecular formula is C20H30N4O11. The summed E-state index contributed by atoms with van der Waals surface area (Å²) in [4.78, 5) is 83.1. The predicted octanol–water partition coefficient (Wildman–Crippen LogP) is -2.05. The number of hydrogen-bond donors (Lipinski definition) is 7. The lowest BCUT2D eigenvalue weighted by molar-refractivity contribution is -0.145. The summed E-state index contributed by atoms with van der Waals surface area (Å²) in [6.07, 6.45) is -1.77. The molecule has 15 nitrogen and oxygen atoms in total. The van der Waals surface area contributed by atoms with Crippen molar-refractivity contribution in [2.45, 2.75) is 75.5 Å². The Morgan fingerprint density at radius 3 is 1.83 bits per heavy atom. The van der Waals surface area contributed by atoms with E-state index < -0.39 is 91.4 Å². The van der Waals surface area contributed by atoms with Crippen molar-refractivity contribution in [1.82, 2.24) is 15.5 Å². The number of carbonyl (C=O) groups excluding carboxylic acids is 3. The van der Waals surface area contributed by atoms with E-state index in [1.165, 1.54) is 4.90 Å². The van der Waals surface area contributed by atoms with Crippen molar-refractivity contribution >= 4 is 41.6 Å². The second-order valence-electron chi connectivity index (χ2n) is 8.05. The summed E-state index contributed by atoms with van der Waals surface area (Å²) in [6.45, 7) is 0.167. The second-order valence-corrected chi connectivity index (χ2v) is 8.05. The van der Waals surface area contributed by atoms with Crippen molar-refractivity contribution in [3.63, 3.8) is 0 Å². The van der Waals surface area contributed by atoms with E-state index in [-0.39, 0.29) is 25.8 Å². The van der Waals surface area contributed by atoms with E-state index in [0.29, 0.717) is 6.42 Å². The molecule has 1 aliphatic rings. The number of nitrogens with zero attached hydrogens (tertiary/aromatic N) is 1. The van der Waals surface area contributed by atoms with Gasteiger partial charge in [-0.1, -0.05) is 0 Å². The van der Waals surface area contributed by atoms with Gasteiger partial charge in [0.2, 0.25) is 17.7 Å². The molecule has 0 aliphatic carbocycles. The first kappa shape index (κ1) is 29.3. The average molecular weight is 502 g/mol. The number of amides is 3. The van der Waals surface area contributed by atoms with Crippen molar-refractivity contribution in [1.29, 1.82) is 0 Å². The van der Waals surface area contributed by atoms with Gasteiger partial charge in [0.25, 0.3) is 0 Å². The molecule has 0 bridgehead atoms. The lowest BCUT2D eigenvalue weighted by Crippen LogP contribution is -2.56. The summed E-state index contributed by atoms with van der Waals surface area (Å²) in [5.41, 5.74) is 5.76. The number of carboxylic acids is 4. The summed E-state index contributed by atoms with van der Waals surface area (Å²) in [5.74, 6) is -7.66. The number of carbonyl (C=O) groups is 7. The molecule has 0 radical (unpaired) electrons. The Bertz CT molecular complexity index is 847. The monoisotopic (exact) mass is 502 g/mol. The van der Waals surface area contributed by atoms with Gasteiger partial charge in [-0.15, -0.1) is 0 Å². The van der Waals surface area contributed by atoms with Gasteiger partial charge in [-0.3, -0.25) is 28.8 Å². The van der Waals surface area contributed by atoms with Crippen LogP contribution in [0.2, 0.25) is 0 Å². The summed E-state index contributed by atoms with van der Waals surface area (Å²) < 4.78 is 0. The number of aliphatic carboxylic acids is 4. The highest BCUT2D eigenvalue weighted by Gasteiger charge is 2.38. The lowest BCUT2D eigenvalue weighted by atomic mass is 10.1. The van der Waals surface area contributed by atoms with Crippen molar-refractivity contribution in [2.24, 2.45) is 5.73 Å². The first-order chi connectivity index (χ1) is 16.3. The van der Waals surface area contributed by atoms with Gasteiger partial charge in [0.15, 0.2) is 0 Å². The van der Waals surface area contributed by atoms with E-state index in [1.54, 1.807) is 0 Å². The minimum Gasteiger partial charge on any atom is -0.481 e. The largest absolute Gasteiger partial charge is 0.481 e. The summed E-state index contributed by atoms with van der Waals surface area (Å²) in [7, 11) is 0. The van der Waals surface area contributed by atoms with Crippen LogP contribution in [0.3, 0.4) is 0 Å². The molecular weight excluding hydrogens is 472 g/mol. The Morgan fingerprint density at radius 1 is 0.800 bits per heavy atom. The maximum atomic E-state index is 12.9. The number of carboxylic acid groups (broad SMARTS) is 4. The Hall–Kier alpha value is -3.75. The molecule has 35 heavy (non-hydrogen) atoms. The van der Waals surface area contributed by atoms with Crippen LogP contribution in [-0.4, -0.2) is 97.6 Å². The van der Waals surface area contributed by atoms with Crippen molar-refractivity contribution < 1.29 is 54.0 Å². The highest BCUT2D eigenvalue weighted by molar-refractivity contribution is 5.94. The van der Waals surface area contributed by atoms with Crippen LogP contribution in [0, 0.1) is 0 Å². The van der Waals surface area contributed by atoms with E-state index in [4.69, 9.17) is 21.1 Å². The normalized spacial score (nSPS) is 17.6. The molecule has 0 saturated carbocycles. The fourth-order valence-electron chi connectivity index (χ4n) is 3.52. The average Bonchev–Trinajstić information content (AvgIpc) is 3.26. The van der Waals surface area contributed by atoms with Crippen LogP contribution in [0.4, 0.5) is 0 Å². The number of rotatable bonds is 15. The van der Waals surface area contributed by atoms with Crippen molar-refractivity contribution in [2.75, 3.05) is 6.54 Å². The Morgan fingerprint density at radius 2 is 1.31 bits per heavy atom. The minimum atomic E-state index is -1.58.